The zero-order valence-corrected chi connectivity index (χ0v) is 19.6. The standard InChI is InChI=1S/C27H20BrFN2O3/c28-20-8-4-7-19-18(20)13-14-30-23(19)21-22(24(30)25(32)15-9-11-16(29)12-10-15)27(34)31(26(21)33)17-5-2-1-3-6-17/h1-3,5-7,9-14,21-24H,4,8H2/t21-,22+,23?,24?/m0/s1. The minimum Gasteiger partial charge on any atom is -0.358 e. The molecule has 2 saturated heterocycles. The fourth-order valence-corrected chi connectivity index (χ4v) is 6.35. The van der Waals surface area contributed by atoms with Gasteiger partial charge in [-0.3, -0.25) is 14.4 Å². The van der Waals surface area contributed by atoms with E-state index in [1.54, 1.807) is 24.3 Å². The lowest BCUT2D eigenvalue weighted by Gasteiger charge is -2.38. The summed E-state index contributed by atoms with van der Waals surface area (Å²) in [4.78, 5) is 44.4. The first-order valence-corrected chi connectivity index (χ1v) is 12.0. The van der Waals surface area contributed by atoms with Crippen molar-refractivity contribution in [1.82, 2.24) is 4.90 Å². The van der Waals surface area contributed by atoms with Crippen molar-refractivity contribution in [1.29, 1.82) is 0 Å². The van der Waals surface area contributed by atoms with Crippen LogP contribution in [-0.4, -0.2) is 34.6 Å². The van der Waals surface area contributed by atoms with Gasteiger partial charge in [-0.2, -0.15) is 0 Å². The van der Waals surface area contributed by atoms with Gasteiger partial charge < -0.3 is 4.90 Å². The Morgan fingerprint density at radius 1 is 0.971 bits per heavy atom. The number of hydrogen-bond acceptors (Lipinski definition) is 4. The molecule has 1 aliphatic carbocycles. The van der Waals surface area contributed by atoms with E-state index in [1.807, 2.05) is 23.2 Å². The van der Waals surface area contributed by atoms with Crippen LogP contribution in [0.4, 0.5) is 10.1 Å². The molecule has 7 heteroatoms. The summed E-state index contributed by atoms with van der Waals surface area (Å²) in [6, 6.07) is 12.9. The molecule has 0 spiro atoms. The molecule has 2 amide bonds. The SMILES string of the molecule is O=C(c1ccc(F)cc1)C1[C@@H]2C(=O)N(c3ccccc3)C(=O)[C@@H]2C2C3=CCCC(Br)=C3C=CN21. The summed E-state index contributed by atoms with van der Waals surface area (Å²) in [5.74, 6) is -2.91. The lowest BCUT2D eigenvalue weighted by molar-refractivity contribution is -0.123. The molecule has 2 aromatic carbocycles. The second kappa shape index (κ2) is 7.87. The Labute approximate surface area is 204 Å². The number of carbonyl (C=O) groups is 3. The Kier molecular flexibility index (Phi) is 4.92. The number of halogens is 2. The minimum atomic E-state index is -0.856. The zero-order chi connectivity index (χ0) is 23.6. The van der Waals surface area contributed by atoms with Crippen LogP contribution in [0.3, 0.4) is 0 Å². The van der Waals surface area contributed by atoms with Gasteiger partial charge in [-0.05, 0) is 66.5 Å². The molecule has 4 aliphatic rings. The smallest absolute Gasteiger partial charge is 0.240 e. The maximum atomic E-state index is 13.8. The van der Waals surface area contributed by atoms with Gasteiger partial charge in [0.15, 0.2) is 5.78 Å². The van der Waals surface area contributed by atoms with Gasteiger partial charge in [0.1, 0.15) is 11.9 Å². The Morgan fingerprint density at radius 2 is 1.68 bits per heavy atom. The van der Waals surface area contributed by atoms with E-state index < -0.39 is 29.7 Å². The second-order valence-corrected chi connectivity index (χ2v) is 9.90. The Balaban J connectivity index is 1.50. The molecule has 0 bridgehead atoms. The number of anilines is 1. The number of ketones is 1. The van der Waals surface area contributed by atoms with Gasteiger partial charge in [0.25, 0.3) is 0 Å². The van der Waals surface area contributed by atoms with Crippen LogP contribution in [-0.2, 0) is 9.59 Å². The third-order valence-corrected chi connectivity index (χ3v) is 8.02. The fraction of sp³-hybridized carbons (Fsp3) is 0.222. The van der Waals surface area contributed by atoms with E-state index in [2.05, 4.69) is 22.0 Å². The number of amides is 2. The average molecular weight is 519 g/mol. The fourth-order valence-electron chi connectivity index (χ4n) is 5.76. The molecule has 0 radical (unpaired) electrons. The molecule has 2 aromatic rings. The average Bonchev–Trinajstić information content (AvgIpc) is 3.32. The topological polar surface area (TPSA) is 57.7 Å². The first kappa shape index (κ1) is 21.2. The number of nitrogens with zero attached hydrogens (tertiary/aromatic N) is 2. The minimum absolute atomic E-state index is 0.289. The van der Waals surface area contributed by atoms with Crippen molar-refractivity contribution in [3.8, 4) is 0 Å². The summed E-state index contributed by atoms with van der Waals surface area (Å²) in [5, 5.41) is 0. The van der Waals surface area contributed by atoms with Crippen molar-refractivity contribution in [2.45, 2.75) is 24.9 Å². The summed E-state index contributed by atoms with van der Waals surface area (Å²) in [6.07, 6.45) is 7.58. The summed E-state index contributed by atoms with van der Waals surface area (Å²) < 4.78 is 14.6. The number of Topliss-reactive ketones (excluding diaryl/α,β-unsaturated/α-hetero) is 1. The molecular weight excluding hydrogens is 499 g/mol. The second-order valence-electron chi connectivity index (χ2n) is 8.94. The number of benzene rings is 2. The van der Waals surface area contributed by atoms with E-state index in [0.717, 1.165) is 28.5 Å². The molecule has 170 valence electrons. The number of allylic oxidation sites excluding steroid dienone is 3. The number of hydrogen-bond donors (Lipinski definition) is 0. The predicted molar refractivity (Wildman–Crippen MR) is 128 cm³/mol. The van der Waals surface area contributed by atoms with Crippen LogP contribution in [0.5, 0.6) is 0 Å². The third kappa shape index (κ3) is 2.99. The number of imide groups is 1. The van der Waals surface area contributed by atoms with Crippen LogP contribution in [0, 0.1) is 17.7 Å². The summed E-state index contributed by atoms with van der Waals surface area (Å²) >= 11 is 3.67. The van der Waals surface area contributed by atoms with Gasteiger partial charge in [-0.1, -0.05) is 40.2 Å². The van der Waals surface area contributed by atoms with Crippen LogP contribution in [0.15, 0.2) is 88.6 Å². The van der Waals surface area contributed by atoms with E-state index in [0.29, 0.717) is 11.3 Å². The van der Waals surface area contributed by atoms with Gasteiger partial charge in [0.2, 0.25) is 11.8 Å². The predicted octanol–water partition coefficient (Wildman–Crippen LogP) is 4.76. The van der Waals surface area contributed by atoms with Crippen molar-refractivity contribution in [3.63, 3.8) is 0 Å². The zero-order valence-electron chi connectivity index (χ0n) is 18.0. The lowest BCUT2D eigenvalue weighted by Crippen LogP contribution is -2.47. The maximum absolute atomic E-state index is 13.8. The Hall–Kier alpha value is -3.32. The highest BCUT2D eigenvalue weighted by Gasteiger charge is 2.65. The maximum Gasteiger partial charge on any atom is 0.240 e. The lowest BCUT2D eigenvalue weighted by atomic mass is 9.80. The molecule has 5 nitrogen and oxygen atoms in total. The van der Waals surface area contributed by atoms with Crippen molar-refractivity contribution >= 4 is 39.2 Å². The van der Waals surface area contributed by atoms with Gasteiger partial charge in [-0.15, -0.1) is 0 Å². The van der Waals surface area contributed by atoms with Crippen LogP contribution >= 0.6 is 15.9 Å². The summed E-state index contributed by atoms with van der Waals surface area (Å²) in [7, 11) is 0. The summed E-state index contributed by atoms with van der Waals surface area (Å²) in [5.41, 5.74) is 2.81. The molecule has 4 atom stereocenters. The molecular formula is C27H20BrFN2O3. The number of carbonyl (C=O) groups excluding carboxylic acids is 3. The number of para-hydroxylation sites is 1. The van der Waals surface area contributed by atoms with Crippen molar-refractivity contribution in [2.24, 2.45) is 11.8 Å². The third-order valence-electron chi connectivity index (χ3n) is 7.20. The molecule has 0 N–H and O–H groups in total. The first-order valence-electron chi connectivity index (χ1n) is 11.2. The van der Waals surface area contributed by atoms with Crippen LogP contribution in [0.25, 0.3) is 0 Å². The number of fused-ring (bicyclic) bond motifs is 5. The quantitative estimate of drug-likeness (QED) is 0.434. The van der Waals surface area contributed by atoms with E-state index in [4.69, 9.17) is 0 Å². The highest BCUT2D eigenvalue weighted by atomic mass is 79.9. The highest BCUT2D eigenvalue weighted by Crippen LogP contribution is 2.51. The van der Waals surface area contributed by atoms with Crippen molar-refractivity contribution in [3.05, 3.63) is 100.0 Å². The van der Waals surface area contributed by atoms with Gasteiger partial charge >= 0.3 is 0 Å². The molecule has 0 saturated carbocycles. The Morgan fingerprint density at radius 3 is 2.41 bits per heavy atom. The van der Waals surface area contributed by atoms with Crippen molar-refractivity contribution in [2.75, 3.05) is 4.90 Å². The molecule has 6 rings (SSSR count). The van der Waals surface area contributed by atoms with Crippen molar-refractivity contribution < 1.29 is 18.8 Å². The summed E-state index contributed by atoms with van der Waals surface area (Å²) in [6.45, 7) is 0. The van der Waals surface area contributed by atoms with Gasteiger partial charge in [0, 0.05) is 16.2 Å². The van der Waals surface area contributed by atoms with E-state index in [-0.39, 0.29) is 17.6 Å². The molecule has 3 aliphatic heterocycles. The molecule has 0 aromatic heterocycles. The largest absolute Gasteiger partial charge is 0.358 e. The van der Waals surface area contributed by atoms with Crippen LogP contribution < -0.4 is 4.90 Å². The normalized spacial score (nSPS) is 27.5. The van der Waals surface area contributed by atoms with Gasteiger partial charge in [0.05, 0.1) is 23.6 Å². The molecule has 2 unspecified atom stereocenters. The Bertz CT molecular complexity index is 1320. The van der Waals surface area contributed by atoms with Gasteiger partial charge in [-0.25, -0.2) is 9.29 Å². The first-order chi connectivity index (χ1) is 16.5. The van der Waals surface area contributed by atoms with E-state index >= 15 is 0 Å². The molecule has 3 heterocycles. The van der Waals surface area contributed by atoms with E-state index in [9.17, 15) is 18.8 Å². The van der Waals surface area contributed by atoms with Crippen LogP contribution in [0.2, 0.25) is 0 Å². The highest BCUT2D eigenvalue weighted by molar-refractivity contribution is 9.11. The monoisotopic (exact) mass is 518 g/mol. The van der Waals surface area contributed by atoms with Crippen LogP contribution in [0.1, 0.15) is 23.2 Å². The molecule has 34 heavy (non-hydrogen) atoms. The molecule has 2 fully saturated rings. The van der Waals surface area contributed by atoms with E-state index in [1.165, 1.54) is 29.2 Å². The number of rotatable bonds is 3.